The number of alkyl halides is 6. The molecule has 0 aliphatic carbocycles. The Balaban J connectivity index is 3.49. The minimum Gasteiger partial charge on any atom is -0.481 e. The summed E-state index contributed by atoms with van der Waals surface area (Å²) in [5, 5.41) is 17.5. The highest BCUT2D eigenvalue weighted by atomic mass is 19.4. The highest BCUT2D eigenvalue weighted by molar-refractivity contribution is 5.76. The second-order valence-corrected chi connectivity index (χ2v) is 3.91. The van der Waals surface area contributed by atoms with E-state index in [9.17, 15) is 31.1 Å². The van der Waals surface area contributed by atoms with Gasteiger partial charge in [0.25, 0.3) is 0 Å². The highest BCUT2D eigenvalue weighted by Gasteiger charge is 2.38. The molecule has 1 rings (SSSR count). The minimum absolute atomic E-state index is 0.111. The standard InChI is InChI=1S/C11H8F6O3/c12-10(13,14)6-1-5(8(4-18)9(19)20)2-7(3-6)11(15,16)17/h1-3,8,18H,4H2,(H,19,20)/t8-/m1/s1. The summed E-state index contributed by atoms with van der Waals surface area (Å²) in [5.41, 5.74) is -4.01. The Hall–Kier alpha value is -1.77. The molecule has 20 heavy (non-hydrogen) atoms. The number of halogens is 6. The molecule has 1 aromatic carbocycles. The second-order valence-electron chi connectivity index (χ2n) is 3.91. The number of rotatable bonds is 3. The molecule has 3 nitrogen and oxygen atoms in total. The summed E-state index contributed by atoms with van der Waals surface area (Å²) in [6.07, 6.45) is -10.1. The molecule has 0 heterocycles. The zero-order valence-corrected chi connectivity index (χ0v) is 9.59. The Morgan fingerprint density at radius 1 is 1.00 bits per heavy atom. The van der Waals surface area contributed by atoms with Gasteiger partial charge in [-0.25, -0.2) is 0 Å². The summed E-state index contributed by atoms with van der Waals surface area (Å²) in [6.45, 7) is -1.12. The first-order valence-corrected chi connectivity index (χ1v) is 5.10. The van der Waals surface area contributed by atoms with E-state index in [1.165, 1.54) is 0 Å². The summed E-state index contributed by atoms with van der Waals surface area (Å²) in [4.78, 5) is 10.7. The lowest BCUT2D eigenvalue weighted by atomic mass is 9.95. The summed E-state index contributed by atoms with van der Waals surface area (Å²) in [6, 6.07) is 0.453. The number of hydrogen-bond donors (Lipinski definition) is 2. The van der Waals surface area contributed by atoms with Crippen LogP contribution in [-0.2, 0) is 17.1 Å². The van der Waals surface area contributed by atoms with Crippen LogP contribution < -0.4 is 0 Å². The van der Waals surface area contributed by atoms with E-state index in [2.05, 4.69) is 0 Å². The predicted octanol–water partition coefficient (Wildman–Crippen LogP) is 2.88. The van der Waals surface area contributed by atoms with Gasteiger partial charge in [0.05, 0.1) is 17.7 Å². The average Bonchev–Trinajstić information content (AvgIpc) is 2.26. The molecule has 0 aromatic heterocycles. The van der Waals surface area contributed by atoms with Gasteiger partial charge in [0.2, 0.25) is 0 Å². The van der Waals surface area contributed by atoms with Gasteiger partial charge in [0.15, 0.2) is 0 Å². The summed E-state index contributed by atoms with van der Waals surface area (Å²) in [5.74, 6) is -3.58. The van der Waals surface area contributed by atoms with Crippen molar-refractivity contribution in [2.24, 2.45) is 0 Å². The Morgan fingerprint density at radius 2 is 1.40 bits per heavy atom. The van der Waals surface area contributed by atoms with Crippen molar-refractivity contribution in [1.82, 2.24) is 0 Å². The van der Waals surface area contributed by atoms with Crippen LogP contribution in [-0.4, -0.2) is 22.8 Å². The lowest BCUT2D eigenvalue weighted by Gasteiger charge is -2.16. The first-order chi connectivity index (χ1) is 8.96. The molecule has 0 fully saturated rings. The van der Waals surface area contributed by atoms with E-state index < -0.39 is 47.5 Å². The van der Waals surface area contributed by atoms with Gasteiger partial charge >= 0.3 is 18.3 Å². The quantitative estimate of drug-likeness (QED) is 0.844. The largest absolute Gasteiger partial charge is 0.481 e. The highest BCUT2D eigenvalue weighted by Crippen LogP contribution is 2.37. The number of benzene rings is 1. The van der Waals surface area contributed by atoms with E-state index in [1.54, 1.807) is 0 Å². The number of hydrogen-bond acceptors (Lipinski definition) is 2. The topological polar surface area (TPSA) is 57.5 Å². The fourth-order valence-corrected chi connectivity index (χ4v) is 1.51. The van der Waals surface area contributed by atoms with Crippen LogP contribution in [0, 0.1) is 0 Å². The lowest BCUT2D eigenvalue weighted by Crippen LogP contribution is -2.19. The van der Waals surface area contributed by atoms with Crippen LogP contribution in [0.25, 0.3) is 0 Å². The van der Waals surface area contributed by atoms with Crippen LogP contribution in [0.2, 0.25) is 0 Å². The molecular weight excluding hydrogens is 294 g/mol. The first kappa shape index (κ1) is 16.3. The maximum absolute atomic E-state index is 12.5. The molecule has 1 atom stereocenters. The zero-order chi connectivity index (χ0) is 15.7. The first-order valence-electron chi connectivity index (χ1n) is 5.10. The smallest absolute Gasteiger partial charge is 0.416 e. The van der Waals surface area contributed by atoms with Crippen LogP contribution >= 0.6 is 0 Å². The number of aliphatic hydroxyl groups is 1. The summed E-state index contributed by atoms with van der Waals surface area (Å²) < 4.78 is 75.2. The maximum atomic E-state index is 12.5. The van der Waals surface area contributed by atoms with Crippen molar-refractivity contribution >= 4 is 5.97 Å². The molecule has 0 spiro atoms. The van der Waals surface area contributed by atoms with Gasteiger partial charge in [0.1, 0.15) is 5.92 Å². The third-order valence-corrected chi connectivity index (χ3v) is 2.49. The number of aliphatic hydroxyl groups excluding tert-OH is 1. The maximum Gasteiger partial charge on any atom is 0.416 e. The molecule has 0 saturated carbocycles. The predicted molar refractivity (Wildman–Crippen MR) is 53.9 cm³/mol. The Kier molecular flexibility index (Phi) is 4.33. The van der Waals surface area contributed by atoms with Crippen molar-refractivity contribution in [2.75, 3.05) is 6.61 Å². The van der Waals surface area contributed by atoms with Crippen LogP contribution in [0.1, 0.15) is 22.6 Å². The fourth-order valence-electron chi connectivity index (χ4n) is 1.51. The van der Waals surface area contributed by atoms with Crippen molar-refractivity contribution < 1.29 is 41.4 Å². The molecular formula is C11H8F6O3. The number of carbonyl (C=O) groups is 1. The summed E-state index contributed by atoms with van der Waals surface area (Å²) in [7, 11) is 0. The molecule has 2 N–H and O–H groups in total. The van der Waals surface area contributed by atoms with Crippen LogP contribution in [0.15, 0.2) is 18.2 Å². The van der Waals surface area contributed by atoms with Gasteiger partial charge in [0, 0.05) is 0 Å². The van der Waals surface area contributed by atoms with Gasteiger partial charge in [-0.1, -0.05) is 0 Å². The van der Waals surface area contributed by atoms with Crippen LogP contribution in [0.3, 0.4) is 0 Å². The van der Waals surface area contributed by atoms with Crippen molar-refractivity contribution in [3.8, 4) is 0 Å². The fraction of sp³-hybridized carbons (Fsp3) is 0.364. The van der Waals surface area contributed by atoms with Gasteiger partial charge in [-0.2, -0.15) is 26.3 Å². The molecule has 0 radical (unpaired) electrons. The Morgan fingerprint density at radius 3 is 1.65 bits per heavy atom. The van der Waals surface area contributed by atoms with Gasteiger partial charge in [-0.3, -0.25) is 4.79 Å². The van der Waals surface area contributed by atoms with Crippen molar-refractivity contribution in [2.45, 2.75) is 18.3 Å². The molecule has 1 aromatic rings. The molecule has 112 valence electrons. The van der Waals surface area contributed by atoms with Gasteiger partial charge < -0.3 is 10.2 Å². The van der Waals surface area contributed by atoms with Crippen LogP contribution in [0.5, 0.6) is 0 Å². The van der Waals surface area contributed by atoms with Crippen LogP contribution in [0.4, 0.5) is 26.3 Å². The lowest BCUT2D eigenvalue weighted by molar-refractivity contribution is -0.144. The molecule has 0 aliphatic heterocycles. The van der Waals surface area contributed by atoms with E-state index in [0.29, 0.717) is 0 Å². The van der Waals surface area contributed by atoms with Gasteiger partial charge in [-0.05, 0) is 23.8 Å². The molecule has 9 heteroatoms. The SMILES string of the molecule is O=C(O)[C@H](CO)c1cc(C(F)(F)F)cc(C(F)(F)F)c1. The second kappa shape index (κ2) is 5.31. The van der Waals surface area contributed by atoms with Crippen molar-refractivity contribution in [3.05, 3.63) is 34.9 Å². The number of aliphatic carboxylic acids is 1. The average molecular weight is 302 g/mol. The zero-order valence-electron chi connectivity index (χ0n) is 9.59. The van der Waals surface area contributed by atoms with E-state index in [1.807, 2.05) is 0 Å². The molecule has 0 unspecified atom stereocenters. The van der Waals surface area contributed by atoms with E-state index in [-0.39, 0.29) is 18.2 Å². The normalized spacial score (nSPS) is 14.2. The molecule has 0 bridgehead atoms. The van der Waals surface area contributed by atoms with E-state index in [4.69, 9.17) is 10.2 Å². The third-order valence-electron chi connectivity index (χ3n) is 2.49. The monoisotopic (exact) mass is 302 g/mol. The third kappa shape index (κ3) is 3.62. The summed E-state index contributed by atoms with van der Waals surface area (Å²) >= 11 is 0. The van der Waals surface area contributed by atoms with Crippen molar-refractivity contribution in [1.29, 1.82) is 0 Å². The van der Waals surface area contributed by atoms with Crippen molar-refractivity contribution in [3.63, 3.8) is 0 Å². The molecule has 0 amide bonds. The Bertz CT molecular complexity index is 474. The van der Waals surface area contributed by atoms with Gasteiger partial charge in [-0.15, -0.1) is 0 Å². The molecule has 0 aliphatic rings. The Labute approximate surface area is 108 Å². The van der Waals surface area contributed by atoms with E-state index in [0.717, 1.165) is 0 Å². The molecule has 0 saturated heterocycles. The van der Waals surface area contributed by atoms with E-state index >= 15 is 0 Å². The number of carboxylic acid groups (broad SMARTS) is 1. The minimum atomic E-state index is -5.06. The number of carboxylic acids is 1.